The van der Waals surface area contributed by atoms with Crippen LogP contribution in [0.5, 0.6) is 0 Å². The van der Waals surface area contributed by atoms with Crippen LogP contribution in [0.3, 0.4) is 0 Å². The highest BCUT2D eigenvalue weighted by atomic mass is 16.2. The maximum Gasteiger partial charge on any atom is 0.256 e. The van der Waals surface area contributed by atoms with Gasteiger partial charge in [-0.1, -0.05) is 37.5 Å². The molecule has 5 heteroatoms. The van der Waals surface area contributed by atoms with Gasteiger partial charge in [-0.15, -0.1) is 0 Å². The molecule has 23 heavy (non-hydrogen) atoms. The first-order valence-corrected chi connectivity index (χ1v) is 8.12. The first-order chi connectivity index (χ1) is 11.2. The van der Waals surface area contributed by atoms with Crippen molar-refractivity contribution in [2.24, 2.45) is 11.0 Å². The van der Waals surface area contributed by atoms with Gasteiger partial charge in [0, 0.05) is 12.4 Å². The second kappa shape index (κ2) is 6.77. The number of nitrogens with zero attached hydrogens (tertiary/aromatic N) is 4. The molecule has 1 aromatic carbocycles. The zero-order valence-corrected chi connectivity index (χ0v) is 13.6. The lowest BCUT2D eigenvalue weighted by Gasteiger charge is -2.14. The Bertz CT molecular complexity index is 688. The monoisotopic (exact) mass is 310 g/mol. The van der Waals surface area contributed by atoms with E-state index in [1.165, 1.54) is 5.56 Å². The van der Waals surface area contributed by atoms with E-state index >= 15 is 0 Å². The maximum absolute atomic E-state index is 12.8. The topological polar surface area (TPSA) is 50.5 Å². The molecule has 0 saturated heterocycles. The van der Waals surface area contributed by atoms with Gasteiger partial charge in [0.05, 0.1) is 30.2 Å². The number of imidazole rings is 1. The lowest BCUT2D eigenvalue weighted by molar-refractivity contribution is -0.119. The summed E-state index contributed by atoms with van der Waals surface area (Å²) >= 11 is 0. The van der Waals surface area contributed by atoms with Crippen molar-refractivity contribution in [3.05, 3.63) is 48.5 Å². The molecule has 1 unspecified atom stereocenters. The van der Waals surface area contributed by atoms with Gasteiger partial charge in [0.25, 0.3) is 5.91 Å². The molecule has 120 valence electrons. The molecular weight excluding hydrogens is 288 g/mol. The number of hydrazone groups is 1. The Balaban J connectivity index is 1.86. The number of hydrogen-bond donors (Lipinski definition) is 0. The number of hydrogen-bond acceptors (Lipinski definition) is 3. The number of anilines is 1. The summed E-state index contributed by atoms with van der Waals surface area (Å²) in [7, 11) is 0. The Morgan fingerprint density at radius 3 is 2.65 bits per heavy atom. The van der Waals surface area contributed by atoms with Gasteiger partial charge in [0.2, 0.25) is 0 Å². The van der Waals surface area contributed by atoms with Crippen LogP contribution in [-0.2, 0) is 11.3 Å². The first-order valence-electron chi connectivity index (χ1n) is 8.12. The van der Waals surface area contributed by atoms with Crippen LogP contribution in [0, 0.1) is 12.8 Å². The summed E-state index contributed by atoms with van der Waals surface area (Å²) in [6.07, 6.45) is 8.37. The van der Waals surface area contributed by atoms with Crippen molar-refractivity contribution in [2.45, 2.75) is 39.7 Å². The molecule has 0 N–H and O–H groups in total. The number of carbonyl (C=O) groups is 1. The molecule has 2 heterocycles. The Kier molecular flexibility index (Phi) is 4.55. The first kappa shape index (κ1) is 15.5. The number of unbranched alkanes of at least 4 members (excludes halogenated alkanes) is 1. The fraction of sp³-hybridized carbons (Fsp3) is 0.389. The second-order valence-electron chi connectivity index (χ2n) is 6.01. The SMILES string of the molecule is CCCCC1C(=O)N(c2ccc(C)cc2)N=C1Cn1ccnc1. The lowest BCUT2D eigenvalue weighted by atomic mass is 9.96. The third kappa shape index (κ3) is 3.33. The van der Waals surface area contributed by atoms with Crippen molar-refractivity contribution in [3.63, 3.8) is 0 Å². The molecule has 1 aliphatic rings. The summed E-state index contributed by atoms with van der Waals surface area (Å²) in [5.41, 5.74) is 2.93. The van der Waals surface area contributed by atoms with E-state index in [2.05, 4.69) is 17.0 Å². The molecule has 0 saturated carbocycles. The number of aryl methyl sites for hydroxylation is 1. The highest BCUT2D eigenvalue weighted by Crippen LogP contribution is 2.27. The quantitative estimate of drug-likeness (QED) is 0.821. The predicted molar refractivity (Wildman–Crippen MR) is 91.3 cm³/mol. The van der Waals surface area contributed by atoms with Crippen LogP contribution in [0.1, 0.15) is 31.7 Å². The van der Waals surface area contributed by atoms with Crippen molar-refractivity contribution in [1.82, 2.24) is 9.55 Å². The molecule has 0 aliphatic carbocycles. The van der Waals surface area contributed by atoms with Crippen molar-refractivity contribution in [1.29, 1.82) is 0 Å². The van der Waals surface area contributed by atoms with Gasteiger partial charge in [-0.3, -0.25) is 4.79 Å². The van der Waals surface area contributed by atoms with Gasteiger partial charge in [-0.2, -0.15) is 5.10 Å². The third-order valence-electron chi connectivity index (χ3n) is 4.17. The predicted octanol–water partition coefficient (Wildman–Crippen LogP) is 3.40. The van der Waals surface area contributed by atoms with Crippen molar-refractivity contribution < 1.29 is 4.79 Å². The van der Waals surface area contributed by atoms with Crippen LogP contribution in [0.15, 0.2) is 48.1 Å². The highest BCUT2D eigenvalue weighted by molar-refractivity contribution is 6.15. The lowest BCUT2D eigenvalue weighted by Crippen LogP contribution is -2.28. The Hall–Kier alpha value is -2.43. The van der Waals surface area contributed by atoms with Gasteiger partial charge in [-0.05, 0) is 25.5 Å². The van der Waals surface area contributed by atoms with E-state index in [1.807, 2.05) is 42.0 Å². The minimum Gasteiger partial charge on any atom is -0.332 e. The van der Waals surface area contributed by atoms with Gasteiger partial charge in [0.15, 0.2) is 0 Å². The van der Waals surface area contributed by atoms with Crippen LogP contribution < -0.4 is 5.01 Å². The molecule has 1 amide bonds. The zero-order chi connectivity index (χ0) is 16.2. The Labute approximate surface area is 136 Å². The number of benzene rings is 1. The molecule has 5 nitrogen and oxygen atoms in total. The van der Waals surface area contributed by atoms with E-state index in [1.54, 1.807) is 17.5 Å². The minimum atomic E-state index is -0.126. The summed E-state index contributed by atoms with van der Waals surface area (Å²) < 4.78 is 1.96. The molecule has 1 aromatic heterocycles. The van der Waals surface area contributed by atoms with E-state index in [0.717, 1.165) is 30.7 Å². The molecule has 3 rings (SSSR count). The van der Waals surface area contributed by atoms with Gasteiger partial charge < -0.3 is 4.57 Å². The van der Waals surface area contributed by atoms with E-state index in [9.17, 15) is 4.79 Å². The van der Waals surface area contributed by atoms with E-state index in [0.29, 0.717) is 6.54 Å². The van der Waals surface area contributed by atoms with E-state index < -0.39 is 0 Å². The molecule has 0 radical (unpaired) electrons. The maximum atomic E-state index is 12.8. The normalized spacial score (nSPS) is 17.7. The summed E-state index contributed by atoms with van der Waals surface area (Å²) in [6.45, 7) is 4.79. The third-order valence-corrected chi connectivity index (χ3v) is 4.17. The molecule has 0 bridgehead atoms. The fourth-order valence-electron chi connectivity index (χ4n) is 2.82. The number of aromatic nitrogens is 2. The molecule has 1 atom stereocenters. The van der Waals surface area contributed by atoms with Crippen LogP contribution in [-0.4, -0.2) is 21.2 Å². The van der Waals surface area contributed by atoms with Crippen molar-refractivity contribution in [2.75, 3.05) is 5.01 Å². The standard InChI is InChI=1S/C18H22N4O/c1-3-4-5-16-17(12-21-11-10-19-13-21)20-22(18(16)23)15-8-6-14(2)7-9-15/h6-11,13,16H,3-5,12H2,1-2H3. The Morgan fingerprint density at radius 1 is 1.22 bits per heavy atom. The van der Waals surface area contributed by atoms with Crippen LogP contribution in [0.2, 0.25) is 0 Å². The minimum absolute atomic E-state index is 0.0809. The van der Waals surface area contributed by atoms with Gasteiger partial charge >= 0.3 is 0 Å². The number of rotatable bonds is 6. The van der Waals surface area contributed by atoms with Crippen molar-refractivity contribution >= 4 is 17.3 Å². The average Bonchev–Trinajstić information content (AvgIpc) is 3.16. The zero-order valence-electron chi connectivity index (χ0n) is 13.6. The largest absolute Gasteiger partial charge is 0.332 e. The summed E-state index contributed by atoms with van der Waals surface area (Å²) in [6, 6.07) is 7.92. The fourth-order valence-corrected chi connectivity index (χ4v) is 2.82. The highest BCUT2D eigenvalue weighted by Gasteiger charge is 2.35. The number of amides is 1. The molecule has 0 spiro atoms. The number of carbonyl (C=O) groups excluding carboxylic acids is 1. The molecule has 1 aliphatic heterocycles. The molecular formula is C18H22N4O. The van der Waals surface area contributed by atoms with Crippen molar-refractivity contribution in [3.8, 4) is 0 Å². The van der Waals surface area contributed by atoms with Gasteiger partial charge in [0.1, 0.15) is 0 Å². The summed E-state index contributed by atoms with van der Waals surface area (Å²) in [5, 5.41) is 6.19. The summed E-state index contributed by atoms with van der Waals surface area (Å²) in [5.74, 6) is -0.0453. The Morgan fingerprint density at radius 2 is 2.00 bits per heavy atom. The average molecular weight is 310 g/mol. The van der Waals surface area contributed by atoms with E-state index in [4.69, 9.17) is 0 Å². The van der Waals surface area contributed by atoms with Crippen LogP contribution in [0.25, 0.3) is 0 Å². The van der Waals surface area contributed by atoms with Crippen LogP contribution in [0.4, 0.5) is 5.69 Å². The summed E-state index contributed by atoms with van der Waals surface area (Å²) in [4.78, 5) is 16.9. The van der Waals surface area contributed by atoms with Gasteiger partial charge in [-0.25, -0.2) is 9.99 Å². The van der Waals surface area contributed by atoms with E-state index in [-0.39, 0.29) is 11.8 Å². The molecule has 0 fully saturated rings. The van der Waals surface area contributed by atoms with Crippen LogP contribution >= 0.6 is 0 Å². The second-order valence-corrected chi connectivity index (χ2v) is 6.01. The smallest absolute Gasteiger partial charge is 0.256 e. The molecule has 2 aromatic rings.